The number of rotatable bonds is 1. The molecule has 4 nitrogen and oxygen atoms in total. The Morgan fingerprint density at radius 1 is 1.33 bits per heavy atom. The molecule has 2 fully saturated rings. The maximum absolute atomic E-state index is 8.63. The second-order valence-electron chi connectivity index (χ2n) is 4.36. The third-order valence-electron chi connectivity index (χ3n) is 3.46. The number of nitrogens with zero attached hydrogens (tertiary/aromatic N) is 4. The predicted molar refractivity (Wildman–Crippen MR) is 55.2 cm³/mol. The Balaban J connectivity index is 1.85. The smallest absolute Gasteiger partial charge is 0.158 e. The lowest BCUT2D eigenvalue weighted by molar-refractivity contribution is 0.550. The van der Waals surface area contributed by atoms with Crippen molar-refractivity contribution in [3.63, 3.8) is 0 Å². The summed E-state index contributed by atoms with van der Waals surface area (Å²) in [6, 6.07) is 2.65. The Kier molecular flexibility index (Phi) is 1.84. The van der Waals surface area contributed by atoms with Crippen LogP contribution in [0.3, 0.4) is 0 Å². The maximum Gasteiger partial charge on any atom is 0.158 e. The largest absolute Gasteiger partial charge is 0.352 e. The van der Waals surface area contributed by atoms with Gasteiger partial charge in [-0.15, -0.1) is 0 Å². The molecule has 2 bridgehead atoms. The third kappa shape index (κ3) is 1.35. The van der Waals surface area contributed by atoms with Crippen molar-refractivity contribution in [2.24, 2.45) is 5.92 Å². The quantitative estimate of drug-likeness (QED) is 0.686. The Labute approximate surface area is 88.6 Å². The van der Waals surface area contributed by atoms with Gasteiger partial charge < -0.3 is 4.90 Å². The number of anilines is 1. The van der Waals surface area contributed by atoms with Gasteiger partial charge in [0.05, 0.1) is 12.4 Å². The normalized spacial score (nSPS) is 28.1. The molecule has 2 unspecified atom stereocenters. The lowest BCUT2D eigenvalue weighted by atomic mass is 10.1. The van der Waals surface area contributed by atoms with Gasteiger partial charge in [0.2, 0.25) is 0 Å². The number of hydrogen-bond donors (Lipinski definition) is 0. The summed E-state index contributed by atoms with van der Waals surface area (Å²) in [6.45, 7) is 1.12. The van der Waals surface area contributed by atoms with Crippen LogP contribution in [0.4, 0.5) is 5.82 Å². The van der Waals surface area contributed by atoms with Crippen LogP contribution in [0.5, 0.6) is 0 Å². The molecule has 2 aliphatic rings. The van der Waals surface area contributed by atoms with E-state index in [2.05, 4.69) is 14.9 Å². The summed E-state index contributed by atoms with van der Waals surface area (Å²) in [5.74, 6) is 1.79. The molecule has 0 N–H and O–H groups in total. The summed E-state index contributed by atoms with van der Waals surface area (Å²) in [5, 5.41) is 8.63. The summed E-state index contributed by atoms with van der Waals surface area (Å²) < 4.78 is 0. The number of fused-ring (bicyclic) bond motifs is 2. The molecule has 0 spiro atoms. The highest BCUT2D eigenvalue weighted by atomic mass is 15.2. The molecule has 76 valence electrons. The SMILES string of the molecule is N#Cc1cnc(N2CC3CCC2C3)cn1. The molecule has 2 atom stereocenters. The molecule has 0 radical (unpaired) electrons. The van der Waals surface area contributed by atoms with Gasteiger partial charge in [-0.2, -0.15) is 5.26 Å². The van der Waals surface area contributed by atoms with Crippen molar-refractivity contribution in [1.29, 1.82) is 5.26 Å². The van der Waals surface area contributed by atoms with Crippen LogP contribution in [0, 0.1) is 17.2 Å². The van der Waals surface area contributed by atoms with Gasteiger partial charge in [0, 0.05) is 12.6 Å². The van der Waals surface area contributed by atoms with Crippen molar-refractivity contribution in [1.82, 2.24) is 9.97 Å². The lowest BCUT2D eigenvalue weighted by Gasteiger charge is -2.27. The van der Waals surface area contributed by atoms with Crippen LogP contribution in [-0.2, 0) is 0 Å². The van der Waals surface area contributed by atoms with Crippen LogP contribution in [-0.4, -0.2) is 22.6 Å². The van der Waals surface area contributed by atoms with E-state index in [1.165, 1.54) is 19.3 Å². The molecule has 0 amide bonds. The van der Waals surface area contributed by atoms with Gasteiger partial charge in [0.25, 0.3) is 0 Å². The number of nitriles is 1. The van der Waals surface area contributed by atoms with E-state index in [1.54, 1.807) is 12.4 Å². The minimum absolute atomic E-state index is 0.392. The number of hydrogen-bond acceptors (Lipinski definition) is 4. The average molecular weight is 200 g/mol. The van der Waals surface area contributed by atoms with Gasteiger partial charge in [-0.3, -0.25) is 0 Å². The van der Waals surface area contributed by atoms with E-state index >= 15 is 0 Å². The first kappa shape index (κ1) is 8.66. The molecule has 2 heterocycles. The highest BCUT2D eigenvalue weighted by Gasteiger charge is 2.38. The molecular weight excluding hydrogens is 188 g/mol. The van der Waals surface area contributed by atoms with E-state index in [0.717, 1.165) is 18.3 Å². The summed E-state index contributed by atoms with van der Waals surface area (Å²) >= 11 is 0. The zero-order valence-corrected chi connectivity index (χ0v) is 8.43. The zero-order valence-electron chi connectivity index (χ0n) is 8.43. The Morgan fingerprint density at radius 2 is 2.27 bits per heavy atom. The van der Waals surface area contributed by atoms with Crippen molar-refractivity contribution in [2.45, 2.75) is 25.3 Å². The first-order chi connectivity index (χ1) is 7.36. The predicted octanol–water partition coefficient (Wildman–Crippen LogP) is 1.34. The minimum atomic E-state index is 0.392. The van der Waals surface area contributed by atoms with Gasteiger partial charge in [0.1, 0.15) is 11.9 Å². The van der Waals surface area contributed by atoms with Crippen LogP contribution in [0.15, 0.2) is 12.4 Å². The van der Waals surface area contributed by atoms with Crippen molar-refractivity contribution in [3.05, 3.63) is 18.1 Å². The molecular formula is C11H12N4. The number of piperidine rings is 1. The van der Waals surface area contributed by atoms with Crippen LogP contribution in [0.1, 0.15) is 25.0 Å². The van der Waals surface area contributed by atoms with E-state index in [1.807, 2.05) is 6.07 Å². The standard InChI is InChI=1S/C11H12N4/c12-4-9-5-14-11(6-13-9)15-7-8-1-2-10(15)3-8/h5-6,8,10H,1-3,7H2. The van der Waals surface area contributed by atoms with Gasteiger partial charge in [-0.25, -0.2) is 9.97 Å². The van der Waals surface area contributed by atoms with Crippen molar-refractivity contribution >= 4 is 5.82 Å². The molecule has 3 rings (SSSR count). The molecule has 1 aliphatic carbocycles. The molecule has 0 aromatic carbocycles. The van der Waals surface area contributed by atoms with Crippen LogP contribution in [0.25, 0.3) is 0 Å². The highest BCUT2D eigenvalue weighted by molar-refractivity contribution is 5.41. The molecule has 1 aliphatic heterocycles. The topological polar surface area (TPSA) is 52.8 Å². The van der Waals surface area contributed by atoms with Gasteiger partial charge in [-0.1, -0.05) is 0 Å². The minimum Gasteiger partial charge on any atom is -0.352 e. The fourth-order valence-electron chi connectivity index (χ4n) is 2.73. The highest BCUT2D eigenvalue weighted by Crippen LogP contribution is 2.39. The first-order valence-corrected chi connectivity index (χ1v) is 5.35. The van der Waals surface area contributed by atoms with Crippen molar-refractivity contribution in [2.75, 3.05) is 11.4 Å². The van der Waals surface area contributed by atoms with Crippen LogP contribution >= 0.6 is 0 Å². The molecule has 1 aromatic heterocycles. The van der Waals surface area contributed by atoms with E-state index in [9.17, 15) is 0 Å². The summed E-state index contributed by atoms with van der Waals surface area (Å²) in [6.07, 6.45) is 7.24. The molecule has 1 saturated carbocycles. The van der Waals surface area contributed by atoms with E-state index in [0.29, 0.717) is 11.7 Å². The molecule has 15 heavy (non-hydrogen) atoms. The fourth-order valence-corrected chi connectivity index (χ4v) is 2.73. The first-order valence-electron chi connectivity index (χ1n) is 5.35. The summed E-state index contributed by atoms with van der Waals surface area (Å²) in [7, 11) is 0. The van der Waals surface area contributed by atoms with Crippen LogP contribution < -0.4 is 4.90 Å². The van der Waals surface area contributed by atoms with Crippen molar-refractivity contribution in [3.8, 4) is 6.07 Å². The third-order valence-corrected chi connectivity index (χ3v) is 3.46. The monoisotopic (exact) mass is 200 g/mol. The Bertz CT molecular complexity index is 406. The molecule has 1 aromatic rings. The molecule has 1 saturated heterocycles. The second kappa shape index (κ2) is 3.20. The van der Waals surface area contributed by atoms with Crippen LogP contribution in [0.2, 0.25) is 0 Å². The maximum atomic E-state index is 8.63. The fraction of sp³-hybridized carbons (Fsp3) is 0.545. The number of aromatic nitrogens is 2. The average Bonchev–Trinajstić information content (AvgIpc) is 2.91. The Morgan fingerprint density at radius 3 is 2.80 bits per heavy atom. The van der Waals surface area contributed by atoms with Gasteiger partial charge in [0.15, 0.2) is 5.69 Å². The van der Waals surface area contributed by atoms with E-state index in [-0.39, 0.29) is 0 Å². The summed E-state index contributed by atoms with van der Waals surface area (Å²) in [4.78, 5) is 10.7. The van der Waals surface area contributed by atoms with Crippen molar-refractivity contribution < 1.29 is 0 Å². The summed E-state index contributed by atoms with van der Waals surface area (Å²) in [5.41, 5.74) is 0.392. The Hall–Kier alpha value is -1.63. The van der Waals surface area contributed by atoms with Gasteiger partial charge >= 0.3 is 0 Å². The second-order valence-corrected chi connectivity index (χ2v) is 4.36. The molecule has 4 heteroatoms. The van der Waals surface area contributed by atoms with Gasteiger partial charge in [-0.05, 0) is 25.2 Å². The lowest BCUT2D eigenvalue weighted by Crippen LogP contribution is -2.32. The van der Waals surface area contributed by atoms with E-state index < -0.39 is 0 Å². The van der Waals surface area contributed by atoms with E-state index in [4.69, 9.17) is 5.26 Å². The zero-order chi connectivity index (χ0) is 10.3.